The maximum Gasteiger partial charge on any atom is 0.216 e. The van der Waals surface area contributed by atoms with Gasteiger partial charge in [-0.05, 0) is 5.92 Å². The fourth-order valence-electron chi connectivity index (χ4n) is 2.22. The highest BCUT2D eigenvalue weighted by Crippen LogP contribution is 2.53. The molecule has 0 saturated heterocycles. The molecule has 0 aliphatic heterocycles. The third-order valence-corrected chi connectivity index (χ3v) is 7.05. The average molecular weight is 248 g/mol. The molecule has 0 aromatic carbocycles. The van der Waals surface area contributed by atoms with Crippen molar-refractivity contribution >= 4 is 7.44 Å². The van der Waals surface area contributed by atoms with Gasteiger partial charge in [0.2, 0.25) is 7.44 Å². The SMILES string of the molecule is CCN(CC)P(=O)(CC(C)C)N(CC)CC. The molecule has 0 aliphatic rings. The third kappa shape index (κ3) is 3.87. The summed E-state index contributed by atoms with van der Waals surface area (Å²) in [5.41, 5.74) is 0. The highest BCUT2D eigenvalue weighted by Gasteiger charge is 2.34. The Balaban J connectivity index is 5.07. The molecule has 0 bridgehead atoms. The molecule has 4 heteroatoms. The third-order valence-electron chi connectivity index (χ3n) is 2.95. The standard InChI is InChI=1S/C12H29N2OP/c1-7-13(8-2)16(15,11-12(5)6)14(9-3)10-4/h12H,7-11H2,1-6H3. The van der Waals surface area contributed by atoms with E-state index in [1.54, 1.807) is 0 Å². The van der Waals surface area contributed by atoms with E-state index in [0.717, 1.165) is 32.3 Å². The second-order valence-corrected chi connectivity index (χ2v) is 7.34. The van der Waals surface area contributed by atoms with Gasteiger partial charge in [0.05, 0.1) is 0 Å². The fraction of sp³-hybridized carbons (Fsp3) is 1.00. The molecule has 16 heavy (non-hydrogen) atoms. The molecule has 0 heterocycles. The number of nitrogens with zero attached hydrogens (tertiary/aromatic N) is 2. The van der Waals surface area contributed by atoms with Gasteiger partial charge < -0.3 is 0 Å². The van der Waals surface area contributed by atoms with Gasteiger partial charge in [0, 0.05) is 32.3 Å². The largest absolute Gasteiger partial charge is 0.289 e. The van der Waals surface area contributed by atoms with Crippen molar-refractivity contribution in [3.63, 3.8) is 0 Å². The summed E-state index contributed by atoms with van der Waals surface area (Å²) in [5, 5.41) is 0. The summed E-state index contributed by atoms with van der Waals surface area (Å²) in [6.45, 7) is 16.2. The lowest BCUT2D eigenvalue weighted by atomic mass is 10.3. The first-order valence-corrected chi connectivity index (χ1v) is 8.35. The normalized spacial score (nSPS) is 13.1. The van der Waals surface area contributed by atoms with E-state index in [1.165, 1.54) is 0 Å². The molecule has 0 unspecified atom stereocenters. The van der Waals surface area contributed by atoms with E-state index in [4.69, 9.17) is 0 Å². The smallest absolute Gasteiger partial charge is 0.216 e. The minimum Gasteiger partial charge on any atom is -0.289 e. The molecule has 0 aliphatic carbocycles. The van der Waals surface area contributed by atoms with Crippen molar-refractivity contribution in [2.45, 2.75) is 41.5 Å². The first kappa shape index (κ1) is 16.1. The zero-order chi connectivity index (χ0) is 12.8. The highest BCUT2D eigenvalue weighted by atomic mass is 31.2. The van der Waals surface area contributed by atoms with Crippen LogP contribution < -0.4 is 0 Å². The van der Waals surface area contributed by atoms with Crippen molar-refractivity contribution in [1.29, 1.82) is 0 Å². The summed E-state index contributed by atoms with van der Waals surface area (Å²) in [6, 6.07) is 0. The van der Waals surface area contributed by atoms with Crippen LogP contribution in [0.15, 0.2) is 0 Å². The lowest BCUT2D eigenvalue weighted by Crippen LogP contribution is -2.34. The van der Waals surface area contributed by atoms with Crippen molar-refractivity contribution in [2.24, 2.45) is 5.92 Å². The zero-order valence-corrected chi connectivity index (χ0v) is 12.8. The second kappa shape index (κ2) is 7.47. The van der Waals surface area contributed by atoms with Crippen molar-refractivity contribution in [3.05, 3.63) is 0 Å². The van der Waals surface area contributed by atoms with E-state index in [0.29, 0.717) is 5.92 Å². The summed E-state index contributed by atoms with van der Waals surface area (Å²) in [4.78, 5) is 0. The van der Waals surface area contributed by atoms with Crippen molar-refractivity contribution < 1.29 is 4.57 Å². The van der Waals surface area contributed by atoms with E-state index in [9.17, 15) is 4.57 Å². The predicted molar refractivity (Wildman–Crippen MR) is 73.2 cm³/mol. The lowest BCUT2D eigenvalue weighted by Gasteiger charge is -2.38. The van der Waals surface area contributed by atoms with Gasteiger partial charge in [-0.25, -0.2) is 9.34 Å². The summed E-state index contributed by atoms with van der Waals surface area (Å²) in [7, 11) is -2.33. The molecule has 0 rings (SSSR count). The zero-order valence-electron chi connectivity index (χ0n) is 11.9. The summed E-state index contributed by atoms with van der Waals surface area (Å²) in [6.07, 6.45) is 0.802. The number of rotatable bonds is 8. The molecule has 98 valence electrons. The van der Waals surface area contributed by atoms with E-state index in [1.807, 2.05) is 0 Å². The van der Waals surface area contributed by atoms with Gasteiger partial charge >= 0.3 is 0 Å². The van der Waals surface area contributed by atoms with Gasteiger partial charge in [-0.15, -0.1) is 0 Å². The molecule has 0 amide bonds. The minimum atomic E-state index is -2.33. The Morgan fingerprint density at radius 3 is 1.38 bits per heavy atom. The Morgan fingerprint density at radius 1 is 0.875 bits per heavy atom. The van der Waals surface area contributed by atoms with Crippen LogP contribution in [0.3, 0.4) is 0 Å². The van der Waals surface area contributed by atoms with Gasteiger partial charge in [-0.3, -0.25) is 4.57 Å². The van der Waals surface area contributed by atoms with Gasteiger partial charge in [-0.2, -0.15) is 0 Å². The van der Waals surface area contributed by atoms with E-state index in [-0.39, 0.29) is 0 Å². The summed E-state index contributed by atoms with van der Waals surface area (Å²) < 4.78 is 17.5. The Kier molecular flexibility index (Phi) is 7.54. The predicted octanol–water partition coefficient (Wildman–Crippen LogP) is 3.52. The van der Waals surface area contributed by atoms with Crippen LogP contribution in [0.25, 0.3) is 0 Å². The topological polar surface area (TPSA) is 23.6 Å². The maximum absolute atomic E-state index is 13.2. The molecule has 0 fully saturated rings. The second-order valence-electron chi connectivity index (χ2n) is 4.52. The van der Waals surface area contributed by atoms with Crippen LogP contribution in [0.4, 0.5) is 0 Å². The van der Waals surface area contributed by atoms with E-state index < -0.39 is 7.44 Å². The van der Waals surface area contributed by atoms with Crippen LogP contribution in [0.1, 0.15) is 41.5 Å². The first-order chi connectivity index (χ1) is 7.46. The molecule has 0 atom stereocenters. The lowest BCUT2D eigenvalue weighted by molar-refractivity contribution is 0.354. The number of hydrogen-bond acceptors (Lipinski definition) is 1. The minimum absolute atomic E-state index is 0.479. The van der Waals surface area contributed by atoms with Gasteiger partial charge in [0.25, 0.3) is 0 Å². The van der Waals surface area contributed by atoms with Crippen LogP contribution in [0, 0.1) is 5.92 Å². The van der Waals surface area contributed by atoms with Crippen molar-refractivity contribution in [3.8, 4) is 0 Å². The quantitative estimate of drug-likeness (QED) is 0.614. The Bertz CT molecular complexity index is 207. The Hall–Kier alpha value is 0.150. The van der Waals surface area contributed by atoms with E-state index >= 15 is 0 Å². The summed E-state index contributed by atoms with van der Waals surface area (Å²) in [5.74, 6) is 0.479. The fourth-order valence-corrected chi connectivity index (χ4v) is 5.76. The highest BCUT2D eigenvalue weighted by molar-refractivity contribution is 7.59. The van der Waals surface area contributed by atoms with Crippen LogP contribution >= 0.6 is 7.44 Å². The molecular formula is C12H29N2OP. The molecule has 0 spiro atoms. The average Bonchev–Trinajstić information content (AvgIpc) is 2.19. The number of hydrogen-bond donors (Lipinski definition) is 0. The van der Waals surface area contributed by atoms with Gasteiger partial charge in [0.15, 0.2) is 0 Å². The van der Waals surface area contributed by atoms with Crippen molar-refractivity contribution in [1.82, 2.24) is 9.34 Å². The van der Waals surface area contributed by atoms with Crippen LogP contribution in [-0.2, 0) is 4.57 Å². The Morgan fingerprint density at radius 2 is 1.19 bits per heavy atom. The molecular weight excluding hydrogens is 219 g/mol. The van der Waals surface area contributed by atoms with Gasteiger partial charge in [0.1, 0.15) is 0 Å². The molecule has 0 aromatic rings. The first-order valence-electron chi connectivity index (χ1n) is 6.56. The Labute approximate surface area is 102 Å². The monoisotopic (exact) mass is 248 g/mol. The maximum atomic E-state index is 13.2. The van der Waals surface area contributed by atoms with Gasteiger partial charge in [-0.1, -0.05) is 41.5 Å². The van der Waals surface area contributed by atoms with Crippen LogP contribution in [0.2, 0.25) is 0 Å². The molecule has 0 saturated carbocycles. The van der Waals surface area contributed by atoms with E-state index in [2.05, 4.69) is 50.9 Å². The summed E-state index contributed by atoms with van der Waals surface area (Å²) >= 11 is 0. The molecule has 0 aromatic heterocycles. The molecule has 0 N–H and O–H groups in total. The molecule has 3 nitrogen and oxygen atoms in total. The van der Waals surface area contributed by atoms with Crippen LogP contribution in [0.5, 0.6) is 0 Å². The van der Waals surface area contributed by atoms with Crippen molar-refractivity contribution in [2.75, 3.05) is 32.3 Å². The van der Waals surface area contributed by atoms with Crippen LogP contribution in [-0.4, -0.2) is 41.7 Å². The molecule has 0 radical (unpaired) electrons.